The van der Waals surface area contributed by atoms with Crippen molar-refractivity contribution < 1.29 is 5.11 Å². The summed E-state index contributed by atoms with van der Waals surface area (Å²) < 4.78 is 1.35. The highest BCUT2D eigenvalue weighted by Gasteiger charge is 2.31. The summed E-state index contributed by atoms with van der Waals surface area (Å²) >= 11 is 1.43. The molecule has 1 unspecified atom stereocenters. The maximum absolute atomic E-state index is 11.8. The number of aryl methyl sites for hydroxylation is 1. The Balaban J connectivity index is 1.87. The van der Waals surface area contributed by atoms with Crippen LogP contribution in [0.2, 0.25) is 0 Å². The molecule has 1 atom stereocenters. The Morgan fingerprint density at radius 2 is 2.37 bits per heavy atom. The van der Waals surface area contributed by atoms with Crippen LogP contribution in [0.4, 0.5) is 0 Å². The van der Waals surface area contributed by atoms with Crippen molar-refractivity contribution in [3.8, 4) is 0 Å². The second-order valence-electron chi connectivity index (χ2n) is 5.38. The predicted octanol–water partition coefficient (Wildman–Crippen LogP) is 0.416. The maximum Gasteiger partial charge on any atom is 0.275 e. The van der Waals surface area contributed by atoms with E-state index in [4.69, 9.17) is 0 Å². The average Bonchev–Trinajstić information content (AvgIpc) is 2.82. The fourth-order valence-electron chi connectivity index (χ4n) is 2.39. The standard InChI is InChI=1S/C12H16N4O2S/c1-8-5-10(17)16-11(13-8)19-9(14-16)6-15-4-3-12(2,18)7-15/h5,18H,3-4,6-7H2,1-2H3. The lowest BCUT2D eigenvalue weighted by Gasteiger charge is -2.17. The van der Waals surface area contributed by atoms with Crippen molar-refractivity contribution in [3.05, 3.63) is 27.1 Å². The van der Waals surface area contributed by atoms with Crippen molar-refractivity contribution >= 4 is 16.3 Å². The first-order chi connectivity index (χ1) is 8.93. The van der Waals surface area contributed by atoms with Crippen LogP contribution in [0.3, 0.4) is 0 Å². The van der Waals surface area contributed by atoms with E-state index in [1.165, 1.54) is 21.9 Å². The van der Waals surface area contributed by atoms with Gasteiger partial charge in [-0.3, -0.25) is 9.69 Å². The Kier molecular flexibility index (Phi) is 2.92. The monoisotopic (exact) mass is 280 g/mol. The molecule has 0 aromatic carbocycles. The van der Waals surface area contributed by atoms with E-state index in [9.17, 15) is 9.90 Å². The van der Waals surface area contributed by atoms with E-state index in [2.05, 4.69) is 15.0 Å². The minimum Gasteiger partial charge on any atom is -0.389 e. The Morgan fingerprint density at radius 3 is 3.05 bits per heavy atom. The summed E-state index contributed by atoms with van der Waals surface area (Å²) in [5.41, 5.74) is -0.0368. The van der Waals surface area contributed by atoms with Crippen LogP contribution >= 0.6 is 11.3 Å². The van der Waals surface area contributed by atoms with Crippen molar-refractivity contribution in [1.82, 2.24) is 19.5 Å². The molecule has 2 aromatic heterocycles. The number of fused-ring (bicyclic) bond motifs is 1. The molecule has 0 spiro atoms. The summed E-state index contributed by atoms with van der Waals surface area (Å²) in [6.07, 6.45) is 0.773. The number of nitrogens with zero attached hydrogens (tertiary/aromatic N) is 4. The van der Waals surface area contributed by atoms with Crippen LogP contribution in [-0.2, 0) is 6.54 Å². The Labute approximate surface area is 114 Å². The van der Waals surface area contributed by atoms with E-state index in [-0.39, 0.29) is 5.56 Å². The van der Waals surface area contributed by atoms with E-state index in [0.29, 0.717) is 23.7 Å². The molecule has 1 aliphatic rings. The first-order valence-electron chi connectivity index (χ1n) is 6.24. The van der Waals surface area contributed by atoms with Crippen molar-refractivity contribution in [2.45, 2.75) is 32.4 Å². The van der Waals surface area contributed by atoms with Gasteiger partial charge in [0, 0.05) is 24.8 Å². The van der Waals surface area contributed by atoms with Crippen LogP contribution < -0.4 is 5.56 Å². The van der Waals surface area contributed by atoms with Gasteiger partial charge in [-0.15, -0.1) is 0 Å². The van der Waals surface area contributed by atoms with Crippen LogP contribution in [0.5, 0.6) is 0 Å². The number of hydrogen-bond donors (Lipinski definition) is 1. The van der Waals surface area contributed by atoms with E-state index in [0.717, 1.165) is 18.0 Å². The van der Waals surface area contributed by atoms with Crippen LogP contribution in [-0.4, -0.2) is 43.3 Å². The molecule has 1 aliphatic heterocycles. The fourth-order valence-corrected chi connectivity index (χ4v) is 3.38. The van der Waals surface area contributed by atoms with E-state index < -0.39 is 5.60 Å². The van der Waals surface area contributed by atoms with Gasteiger partial charge < -0.3 is 5.11 Å². The molecule has 19 heavy (non-hydrogen) atoms. The SMILES string of the molecule is Cc1cc(=O)n2nc(CN3CCC(C)(O)C3)sc2n1. The summed E-state index contributed by atoms with van der Waals surface area (Å²) in [7, 11) is 0. The molecule has 2 aromatic rings. The highest BCUT2D eigenvalue weighted by molar-refractivity contribution is 7.16. The van der Waals surface area contributed by atoms with Gasteiger partial charge in [-0.05, 0) is 20.3 Å². The number of β-amino-alcohol motifs (C(OH)–C–C–N with tert-alkyl or cyclic N) is 1. The Morgan fingerprint density at radius 1 is 1.58 bits per heavy atom. The number of aromatic nitrogens is 3. The molecule has 3 heterocycles. The van der Waals surface area contributed by atoms with Crippen LogP contribution in [0, 0.1) is 6.92 Å². The molecule has 0 radical (unpaired) electrons. The van der Waals surface area contributed by atoms with Gasteiger partial charge in [0.25, 0.3) is 5.56 Å². The topological polar surface area (TPSA) is 70.7 Å². The van der Waals surface area contributed by atoms with Gasteiger partial charge in [-0.1, -0.05) is 11.3 Å². The van der Waals surface area contributed by atoms with Gasteiger partial charge in [0.15, 0.2) is 0 Å². The van der Waals surface area contributed by atoms with Crippen molar-refractivity contribution in [2.24, 2.45) is 0 Å². The van der Waals surface area contributed by atoms with Gasteiger partial charge in [-0.2, -0.15) is 9.61 Å². The van der Waals surface area contributed by atoms with E-state index in [1.54, 1.807) is 6.92 Å². The minimum atomic E-state index is -0.609. The third kappa shape index (κ3) is 2.54. The third-order valence-corrected chi connectivity index (χ3v) is 4.20. The Bertz CT molecular complexity index is 676. The van der Waals surface area contributed by atoms with Crippen LogP contribution in [0.15, 0.2) is 10.9 Å². The fraction of sp³-hybridized carbons (Fsp3) is 0.583. The quantitative estimate of drug-likeness (QED) is 0.863. The Hall–Kier alpha value is -1.31. The zero-order valence-corrected chi connectivity index (χ0v) is 11.8. The molecule has 1 N–H and O–H groups in total. The maximum atomic E-state index is 11.8. The molecule has 0 amide bonds. The molecule has 3 rings (SSSR count). The van der Waals surface area contributed by atoms with Crippen molar-refractivity contribution in [1.29, 1.82) is 0 Å². The molecule has 1 saturated heterocycles. The molecular formula is C12H16N4O2S. The number of rotatable bonds is 2. The highest BCUT2D eigenvalue weighted by Crippen LogP contribution is 2.23. The molecular weight excluding hydrogens is 264 g/mol. The molecule has 0 aliphatic carbocycles. The summed E-state index contributed by atoms with van der Waals surface area (Å²) in [6, 6.07) is 1.48. The lowest BCUT2D eigenvalue weighted by Crippen LogP contribution is -2.29. The van der Waals surface area contributed by atoms with Crippen LogP contribution in [0.1, 0.15) is 24.0 Å². The molecule has 102 valence electrons. The van der Waals surface area contributed by atoms with Gasteiger partial charge in [-0.25, -0.2) is 4.98 Å². The zero-order valence-electron chi connectivity index (χ0n) is 11.0. The van der Waals surface area contributed by atoms with Gasteiger partial charge in [0.2, 0.25) is 4.96 Å². The normalized spacial score (nSPS) is 24.4. The first-order valence-corrected chi connectivity index (χ1v) is 7.06. The van der Waals surface area contributed by atoms with Gasteiger partial charge in [0.1, 0.15) is 5.01 Å². The lowest BCUT2D eigenvalue weighted by atomic mass is 10.1. The van der Waals surface area contributed by atoms with E-state index >= 15 is 0 Å². The number of hydrogen-bond acceptors (Lipinski definition) is 6. The largest absolute Gasteiger partial charge is 0.389 e. The molecule has 0 bridgehead atoms. The molecule has 1 fully saturated rings. The summed E-state index contributed by atoms with van der Waals surface area (Å²) in [5.74, 6) is 0. The van der Waals surface area contributed by atoms with Gasteiger partial charge >= 0.3 is 0 Å². The van der Waals surface area contributed by atoms with Crippen LogP contribution in [0.25, 0.3) is 4.96 Å². The predicted molar refractivity (Wildman–Crippen MR) is 72.4 cm³/mol. The molecule has 7 heteroatoms. The summed E-state index contributed by atoms with van der Waals surface area (Å²) in [4.78, 5) is 18.9. The molecule has 0 saturated carbocycles. The van der Waals surface area contributed by atoms with Crippen molar-refractivity contribution in [2.75, 3.05) is 13.1 Å². The minimum absolute atomic E-state index is 0.140. The number of aliphatic hydroxyl groups is 1. The molecule has 6 nitrogen and oxygen atoms in total. The third-order valence-electron chi connectivity index (χ3n) is 3.30. The second kappa shape index (κ2) is 4.36. The van der Waals surface area contributed by atoms with E-state index in [1.807, 2.05) is 6.92 Å². The van der Waals surface area contributed by atoms with Crippen molar-refractivity contribution in [3.63, 3.8) is 0 Å². The first kappa shape index (κ1) is 12.7. The highest BCUT2D eigenvalue weighted by atomic mass is 32.1. The summed E-state index contributed by atoms with van der Waals surface area (Å²) in [6.45, 7) is 5.80. The van der Waals surface area contributed by atoms with Gasteiger partial charge in [0.05, 0.1) is 12.1 Å². The lowest BCUT2D eigenvalue weighted by molar-refractivity contribution is 0.0678. The smallest absolute Gasteiger partial charge is 0.275 e. The average molecular weight is 280 g/mol. The number of likely N-dealkylation sites (tertiary alicyclic amines) is 1. The summed E-state index contributed by atoms with van der Waals surface area (Å²) in [5, 5.41) is 15.1. The zero-order chi connectivity index (χ0) is 13.6. The second-order valence-corrected chi connectivity index (χ2v) is 6.42.